The molecular weight excluding hydrogens is 324 g/mol. The second-order valence-corrected chi connectivity index (χ2v) is 7.13. The largest absolute Gasteiger partial charge is 0.369 e. The molecule has 0 bridgehead atoms. The highest BCUT2D eigenvalue weighted by molar-refractivity contribution is 5.61. The maximum Gasteiger partial charge on any atom is 0.225 e. The molecule has 2 heterocycles. The van der Waals surface area contributed by atoms with Crippen LogP contribution in [-0.4, -0.2) is 54.1 Å². The van der Waals surface area contributed by atoms with Crippen LogP contribution in [0.2, 0.25) is 0 Å². The smallest absolute Gasteiger partial charge is 0.225 e. The van der Waals surface area contributed by atoms with Gasteiger partial charge in [0.1, 0.15) is 5.82 Å². The third-order valence-electron chi connectivity index (χ3n) is 4.85. The Morgan fingerprint density at radius 1 is 1.08 bits per heavy atom. The van der Waals surface area contributed by atoms with E-state index >= 15 is 0 Å². The summed E-state index contributed by atoms with van der Waals surface area (Å²) < 4.78 is 0. The van der Waals surface area contributed by atoms with E-state index in [9.17, 15) is 0 Å². The van der Waals surface area contributed by atoms with E-state index in [2.05, 4.69) is 75.6 Å². The number of nitrogens with one attached hydrogen (secondary N) is 2. The van der Waals surface area contributed by atoms with E-state index in [0.717, 1.165) is 49.8 Å². The van der Waals surface area contributed by atoms with Crippen molar-refractivity contribution in [2.24, 2.45) is 0 Å². The zero-order chi connectivity index (χ0) is 18.5. The van der Waals surface area contributed by atoms with Crippen LogP contribution in [0.3, 0.4) is 0 Å². The van der Waals surface area contributed by atoms with Crippen molar-refractivity contribution in [3.8, 4) is 0 Å². The van der Waals surface area contributed by atoms with E-state index < -0.39 is 0 Å². The predicted molar refractivity (Wildman–Crippen MR) is 110 cm³/mol. The number of nitrogens with zero attached hydrogens (tertiary/aromatic N) is 4. The number of aryl methyl sites for hydroxylation is 1. The van der Waals surface area contributed by atoms with Gasteiger partial charge in [0.2, 0.25) is 5.95 Å². The minimum Gasteiger partial charge on any atom is -0.369 e. The second-order valence-electron chi connectivity index (χ2n) is 7.13. The van der Waals surface area contributed by atoms with Crippen LogP contribution >= 0.6 is 0 Å². The lowest BCUT2D eigenvalue weighted by molar-refractivity contribution is 0.313. The van der Waals surface area contributed by atoms with E-state index in [1.165, 1.54) is 5.69 Å². The van der Waals surface area contributed by atoms with Crippen molar-refractivity contribution in [3.63, 3.8) is 0 Å². The maximum absolute atomic E-state index is 4.59. The quantitative estimate of drug-likeness (QED) is 0.828. The van der Waals surface area contributed by atoms with Gasteiger partial charge in [0.15, 0.2) is 0 Å². The average Bonchev–Trinajstić information content (AvgIpc) is 2.62. The second kappa shape index (κ2) is 8.36. The molecule has 2 N–H and O–H groups in total. The fraction of sp³-hybridized carbons (Fsp3) is 0.500. The normalized spacial score (nSPS) is 16.4. The van der Waals surface area contributed by atoms with Gasteiger partial charge in [-0.15, -0.1) is 0 Å². The van der Waals surface area contributed by atoms with E-state index in [-0.39, 0.29) is 0 Å². The number of piperazine rings is 1. The Hall–Kier alpha value is -2.34. The van der Waals surface area contributed by atoms with E-state index in [1.807, 2.05) is 13.0 Å². The molecule has 2 aromatic rings. The number of likely N-dealkylation sites (N-methyl/N-ethyl adjacent to an activating group) is 1. The summed E-state index contributed by atoms with van der Waals surface area (Å²) >= 11 is 0. The van der Waals surface area contributed by atoms with E-state index in [4.69, 9.17) is 0 Å². The monoisotopic (exact) mass is 354 g/mol. The van der Waals surface area contributed by atoms with Gasteiger partial charge in [-0.25, -0.2) is 4.98 Å². The number of hydrogen-bond donors (Lipinski definition) is 2. The standard InChI is InChI=1S/C20H30N6/c1-5-15(2)21-20-22-16(3)14-19(24-20)23-17-6-8-18(9-7-17)26-12-10-25(4)11-13-26/h6-9,14-15H,5,10-13H2,1-4H3,(H2,21,22,23,24). The fourth-order valence-corrected chi connectivity index (χ4v) is 2.99. The molecular formula is C20H30N6. The highest BCUT2D eigenvalue weighted by atomic mass is 15.2. The van der Waals surface area contributed by atoms with Crippen LogP contribution in [0.4, 0.5) is 23.1 Å². The van der Waals surface area contributed by atoms with Crippen LogP contribution in [0, 0.1) is 6.92 Å². The summed E-state index contributed by atoms with van der Waals surface area (Å²) in [6.45, 7) is 10.7. The molecule has 26 heavy (non-hydrogen) atoms. The van der Waals surface area contributed by atoms with Crippen molar-refractivity contribution in [3.05, 3.63) is 36.0 Å². The lowest BCUT2D eigenvalue weighted by atomic mass is 10.2. The molecule has 140 valence electrons. The van der Waals surface area contributed by atoms with Gasteiger partial charge in [0.25, 0.3) is 0 Å². The van der Waals surface area contributed by atoms with Crippen molar-refractivity contribution in [2.75, 3.05) is 48.8 Å². The highest BCUT2D eigenvalue weighted by Crippen LogP contribution is 2.22. The number of benzene rings is 1. The SMILES string of the molecule is CCC(C)Nc1nc(C)cc(Nc2ccc(N3CCN(C)CC3)cc2)n1. The summed E-state index contributed by atoms with van der Waals surface area (Å²) in [5, 5.41) is 6.74. The number of anilines is 4. The molecule has 1 aromatic carbocycles. The lowest BCUT2D eigenvalue weighted by Crippen LogP contribution is -2.44. The maximum atomic E-state index is 4.59. The first kappa shape index (κ1) is 18.5. The molecule has 6 nitrogen and oxygen atoms in total. The Kier molecular flexibility index (Phi) is 5.93. The van der Waals surface area contributed by atoms with Crippen LogP contribution in [0.15, 0.2) is 30.3 Å². The molecule has 1 aliphatic heterocycles. The Bertz CT molecular complexity index is 707. The van der Waals surface area contributed by atoms with Crippen molar-refractivity contribution in [1.82, 2.24) is 14.9 Å². The van der Waals surface area contributed by atoms with Gasteiger partial charge >= 0.3 is 0 Å². The molecule has 6 heteroatoms. The molecule has 1 aliphatic rings. The first-order chi connectivity index (χ1) is 12.5. The van der Waals surface area contributed by atoms with Crippen LogP contribution < -0.4 is 15.5 Å². The molecule has 0 saturated carbocycles. The van der Waals surface area contributed by atoms with Crippen molar-refractivity contribution >= 4 is 23.1 Å². The molecule has 0 amide bonds. The van der Waals surface area contributed by atoms with Crippen LogP contribution in [0.5, 0.6) is 0 Å². The van der Waals surface area contributed by atoms with Gasteiger partial charge in [-0.1, -0.05) is 6.92 Å². The van der Waals surface area contributed by atoms with E-state index in [1.54, 1.807) is 0 Å². The van der Waals surface area contributed by atoms with Gasteiger partial charge in [-0.3, -0.25) is 0 Å². The molecule has 0 aliphatic carbocycles. The van der Waals surface area contributed by atoms with Gasteiger partial charge in [0.05, 0.1) is 0 Å². The van der Waals surface area contributed by atoms with Crippen molar-refractivity contribution in [2.45, 2.75) is 33.2 Å². The third kappa shape index (κ3) is 4.85. The van der Waals surface area contributed by atoms with Crippen molar-refractivity contribution in [1.29, 1.82) is 0 Å². The minimum absolute atomic E-state index is 0.354. The predicted octanol–water partition coefficient (Wildman–Crippen LogP) is 3.49. The molecule has 1 atom stereocenters. The topological polar surface area (TPSA) is 56.3 Å². The van der Waals surface area contributed by atoms with Crippen molar-refractivity contribution < 1.29 is 0 Å². The zero-order valence-electron chi connectivity index (χ0n) is 16.3. The highest BCUT2D eigenvalue weighted by Gasteiger charge is 2.14. The molecule has 1 aromatic heterocycles. The third-order valence-corrected chi connectivity index (χ3v) is 4.85. The molecule has 1 fully saturated rings. The Balaban J connectivity index is 1.67. The molecule has 0 spiro atoms. The van der Waals surface area contributed by atoms with Crippen LogP contribution in [0.1, 0.15) is 26.0 Å². The zero-order valence-corrected chi connectivity index (χ0v) is 16.3. The summed E-state index contributed by atoms with van der Waals surface area (Å²) in [6, 6.07) is 10.9. The summed E-state index contributed by atoms with van der Waals surface area (Å²) in [5.41, 5.74) is 3.26. The Morgan fingerprint density at radius 3 is 2.42 bits per heavy atom. The Labute approximate surface area is 156 Å². The number of aromatic nitrogens is 2. The average molecular weight is 355 g/mol. The fourth-order valence-electron chi connectivity index (χ4n) is 2.99. The summed E-state index contributed by atoms with van der Waals surface area (Å²) in [4.78, 5) is 13.9. The molecule has 0 radical (unpaired) electrons. The summed E-state index contributed by atoms with van der Waals surface area (Å²) in [5.74, 6) is 1.49. The first-order valence-electron chi connectivity index (χ1n) is 9.46. The van der Waals surface area contributed by atoms with Gasteiger partial charge < -0.3 is 20.4 Å². The number of hydrogen-bond acceptors (Lipinski definition) is 6. The molecule has 3 rings (SSSR count). The van der Waals surface area contributed by atoms with Gasteiger partial charge in [-0.2, -0.15) is 4.98 Å². The summed E-state index contributed by atoms with van der Waals surface area (Å²) in [7, 11) is 2.18. The summed E-state index contributed by atoms with van der Waals surface area (Å²) in [6.07, 6.45) is 1.04. The van der Waals surface area contributed by atoms with Crippen LogP contribution in [-0.2, 0) is 0 Å². The lowest BCUT2D eigenvalue weighted by Gasteiger charge is -2.34. The number of rotatable bonds is 6. The minimum atomic E-state index is 0.354. The first-order valence-corrected chi connectivity index (χ1v) is 9.46. The molecule has 1 saturated heterocycles. The Morgan fingerprint density at radius 2 is 1.77 bits per heavy atom. The van der Waals surface area contributed by atoms with Gasteiger partial charge in [0, 0.05) is 55.4 Å². The van der Waals surface area contributed by atoms with Gasteiger partial charge in [-0.05, 0) is 51.6 Å². The van der Waals surface area contributed by atoms with Crippen LogP contribution in [0.25, 0.3) is 0 Å². The molecule has 1 unspecified atom stereocenters. The van der Waals surface area contributed by atoms with E-state index in [0.29, 0.717) is 12.0 Å².